The van der Waals surface area contributed by atoms with Crippen molar-refractivity contribution >= 4 is 157 Å². The normalized spacial score (nSPS) is 15.5. The van der Waals surface area contributed by atoms with Gasteiger partial charge in [0.05, 0.1) is 129 Å². The van der Waals surface area contributed by atoms with Crippen molar-refractivity contribution in [2.24, 2.45) is 33.6 Å². The number of ketones is 3. The molecule has 0 spiro atoms. The Labute approximate surface area is 728 Å². The average Bonchev–Trinajstić information content (AvgIpc) is 1.61. The van der Waals surface area contributed by atoms with Crippen molar-refractivity contribution < 1.29 is 116 Å². The van der Waals surface area contributed by atoms with Crippen molar-refractivity contribution in [1.29, 1.82) is 5.41 Å². The molecule has 676 valence electrons. The molecule has 5 aromatic rings. The molecule has 8 rings (SSSR count). The van der Waals surface area contributed by atoms with Crippen LogP contribution in [0, 0.1) is 30.1 Å². The van der Waals surface area contributed by atoms with Crippen LogP contribution >= 0.6 is 21.6 Å². The molecule has 3 aliphatic rings. The molecule has 2 saturated heterocycles. The monoisotopic (exact) mass is 1790 g/mol. The Balaban J connectivity index is 0.847. The van der Waals surface area contributed by atoms with E-state index in [9.17, 15) is 97.5 Å². The quantitative estimate of drug-likeness (QED) is 0.00564. The summed E-state index contributed by atoms with van der Waals surface area (Å²) in [6.45, 7) is 13.6. The molecule has 0 bridgehead atoms. The number of carboxylic acids is 5. The van der Waals surface area contributed by atoms with Crippen molar-refractivity contribution in [3.63, 3.8) is 0 Å². The minimum atomic E-state index is -2.04. The molecule has 3 aliphatic heterocycles. The molecule has 0 unspecified atom stereocenters. The van der Waals surface area contributed by atoms with Crippen LogP contribution in [0.4, 0.5) is 27.8 Å². The maximum absolute atomic E-state index is 14.5. The number of nitrogens with two attached hydrogens (primary N) is 2. The number of ether oxygens (including phenoxy) is 4. The number of guanidine groups is 1. The summed E-state index contributed by atoms with van der Waals surface area (Å²) >= 11 is 0. The van der Waals surface area contributed by atoms with Crippen LogP contribution in [0.15, 0.2) is 94.0 Å². The number of rotatable bonds is 51. The van der Waals surface area contributed by atoms with E-state index >= 15 is 0 Å². The molecule has 0 aliphatic carbocycles. The summed E-state index contributed by atoms with van der Waals surface area (Å²) in [7, 11) is 4.69. The van der Waals surface area contributed by atoms with Gasteiger partial charge in [-0.1, -0.05) is 51.0 Å². The van der Waals surface area contributed by atoms with Gasteiger partial charge >= 0.3 is 35.9 Å². The van der Waals surface area contributed by atoms with E-state index in [0.29, 0.717) is 79.2 Å². The van der Waals surface area contributed by atoms with Gasteiger partial charge in [0, 0.05) is 85.4 Å². The lowest BCUT2D eigenvalue weighted by Crippen LogP contribution is -2.49. The van der Waals surface area contributed by atoms with Gasteiger partial charge in [-0.25, -0.2) is 19.6 Å². The summed E-state index contributed by atoms with van der Waals surface area (Å²) in [5.74, 6) is -20.3. The SMILES string of the molecule is C=C1C[C@H]2C=Nc3cc(OCCCCCOc4cc(NC(=O)OCCSSC(C)(C)[C@H](CC(=O)[C@H](CC(=O)O)NC(=O)[C@H](CC(=O)O)CC(=O)[C@H](CCCNC(=N)N)NC(=O)[C@H](CC(=O)O)CC(=O)CC[C@H](NC(=O)c5ccc(NCc6cnc7nc(N)[nH]c(=O)c7n6)cc5)C(=O)O)C(=O)O)c(C(=O)N5CC(=C)C[C@H]5/C=N/OC)cc4OC)c(C)cc3C(=O)N2C1. The number of aromatic amines is 1. The summed E-state index contributed by atoms with van der Waals surface area (Å²) in [6.07, 6.45) is -1.42. The molecule has 126 heavy (non-hydrogen) atoms. The molecule has 5 heterocycles. The first-order valence-electron chi connectivity index (χ1n) is 39.8. The second-order valence-corrected chi connectivity index (χ2v) is 33.5. The number of aliphatic imine (C=N–C) groups is 1. The standard InChI is InChI=1S/C82H101N17O25S2/c1-42-24-50-38-88-58-33-63(44(3)26-53(58)75(113)98(50)40-42)122-20-9-8-10-21-123-65-34-59(54(31-64(65)120-6)76(114)99-41-43(2)25-51(99)39-90-121-7)95-81(119)124-22-23-125-126-82(4,5)55(77(115)116)32-62(102)60(35-68(107)108)94-73(111)47(30-67(105)106)28-61(101)56(12-11-19-86-79(83)84)92-72(110)46(29-66(103)104)27-52(100)17-18-57(78(117)118)93-71(109)45-13-15-48(16-14-45)87-36-49-37-89-70-69(91-49)74(112)97-80(85)96-70/h13-16,26,31,33-34,37-39,46-47,50-51,55-57,60,87H,1-2,8-12,17-25,27-30,32,35-36,40-41H2,3-7H3,(H,92,110)(H,93,109)(H,94,111)(H,95,119)(H,103,104)(H,105,106)(H,107,108)(H,115,116)(H,117,118)(H4,83,84,86)(H3,85,89,96,97,112)/b90-39+/t46-,47-,50-,51-,55+,56-,57-,60-/m0/s1. The van der Waals surface area contributed by atoms with Gasteiger partial charge in [-0.3, -0.25) is 83.0 Å². The number of carbonyl (C=O) groups excluding carboxylic acids is 9. The average molecular weight is 1790 g/mol. The number of nitrogens with zero attached hydrogens (tertiary/aromatic N) is 7. The number of oxime groups is 1. The molecule has 0 radical (unpaired) electrons. The van der Waals surface area contributed by atoms with E-state index in [1.165, 1.54) is 81.8 Å². The number of fused-ring (bicyclic) bond motifs is 3. The van der Waals surface area contributed by atoms with Crippen molar-refractivity contribution in [3.8, 4) is 17.2 Å². The van der Waals surface area contributed by atoms with Gasteiger partial charge in [0.1, 0.15) is 31.3 Å². The molecule has 44 heteroatoms. The first-order valence-corrected chi connectivity index (χ1v) is 42.1. The highest BCUT2D eigenvalue weighted by atomic mass is 33.1. The van der Waals surface area contributed by atoms with Crippen LogP contribution in [0.25, 0.3) is 11.2 Å². The highest BCUT2D eigenvalue weighted by Gasteiger charge is 2.42. The lowest BCUT2D eigenvalue weighted by Gasteiger charge is -2.31. The van der Waals surface area contributed by atoms with Crippen LogP contribution in [0.3, 0.4) is 0 Å². The van der Waals surface area contributed by atoms with Gasteiger partial charge in [-0.15, -0.1) is 0 Å². The smallest absolute Gasteiger partial charge is 0.411 e. The Kier molecular flexibility index (Phi) is 35.9. The maximum Gasteiger partial charge on any atom is 0.411 e. The van der Waals surface area contributed by atoms with E-state index in [-0.39, 0.29) is 109 Å². The third kappa shape index (κ3) is 28.8. The number of nitrogen functional groups attached to an aromatic ring is 1. The number of carboxylic acid groups (broad SMARTS) is 5. The van der Waals surface area contributed by atoms with Crippen molar-refractivity contribution in [1.82, 2.24) is 51.0 Å². The predicted octanol–water partition coefficient (Wildman–Crippen LogP) is 5.58. The molecule has 2 aromatic heterocycles. The van der Waals surface area contributed by atoms with E-state index in [1.807, 2.05) is 6.92 Å². The fraction of sp³-hybridized carbons (Fsp3) is 0.451. The topological polar surface area (TPSA) is 637 Å². The highest BCUT2D eigenvalue weighted by molar-refractivity contribution is 8.77. The summed E-state index contributed by atoms with van der Waals surface area (Å²) in [5, 5.41) is 76.9. The van der Waals surface area contributed by atoms with Gasteiger partial charge in [0.25, 0.3) is 23.3 Å². The Morgan fingerprint density at radius 2 is 1.40 bits per heavy atom. The zero-order valence-corrected chi connectivity index (χ0v) is 71.3. The second-order valence-electron chi connectivity index (χ2n) is 30.4. The van der Waals surface area contributed by atoms with Crippen LogP contribution in [0.2, 0.25) is 0 Å². The summed E-state index contributed by atoms with van der Waals surface area (Å²) in [5.41, 5.74) is 14.6. The van der Waals surface area contributed by atoms with Gasteiger partial charge in [0.2, 0.25) is 17.8 Å². The predicted molar refractivity (Wildman–Crippen MR) is 460 cm³/mol. The number of H-pyrrole nitrogens is 1. The van der Waals surface area contributed by atoms with Crippen LogP contribution in [-0.2, 0) is 64.1 Å². The van der Waals surface area contributed by atoms with Crippen molar-refractivity contribution in [2.45, 2.75) is 159 Å². The third-order valence-corrected chi connectivity index (χ3v) is 23.7. The van der Waals surface area contributed by atoms with E-state index < -0.39 is 186 Å². The molecule has 2 fully saturated rings. The number of hydrogen-bond acceptors (Lipinski definition) is 30. The fourth-order valence-electron chi connectivity index (χ4n) is 13.8. The number of hydrogen-bond donors (Lipinski definition) is 15. The van der Waals surface area contributed by atoms with Crippen LogP contribution in [0.1, 0.15) is 152 Å². The number of aliphatic carboxylic acids is 5. The number of unbranched alkanes of at least 4 members (excludes halogenated alkanes) is 2. The number of aromatic nitrogens is 4. The molecule has 6 amide bonds. The first kappa shape index (κ1) is 97.9. The number of Topliss-reactive ketones (excluding diaryl/α,β-unsaturated/α-hetero) is 3. The zero-order chi connectivity index (χ0) is 92.2. The molecule has 3 aromatic carbocycles. The van der Waals surface area contributed by atoms with Crippen LogP contribution < -0.4 is 63.1 Å². The Morgan fingerprint density at radius 3 is 2.06 bits per heavy atom. The largest absolute Gasteiger partial charge is 0.493 e. The van der Waals surface area contributed by atoms with Gasteiger partial charge in [-0.2, -0.15) is 4.98 Å². The number of amides is 6. The Morgan fingerprint density at radius 1 is 0.746 bits per heavy atom. The number of aryl methyl sites for hydroxylation is 1. The van der Waals surface area contributed by atoms with Crippen LogP contribution in [-0.4, -0.2) is 251 Å². The Hall–Kier alpha value is -13.6. The van der Waals surface area contributed by atoms with E-state index in [4.69, 9.17) is 40.7 Å². The summed E-state index contributed by atoms with van der Waals surface area (Å²) in [4.78, 5) is 227. The summed E-state index contributed by atoms with van der Waals surface area (Å²) < 4.78 is 22.2. The number of carbonyl (C=O) groups is 14. The Bertz CT molecular complexity index is 5100. The molecule has 42 nitrogen and oxygen atoms in total. The lowest BCUT2D eigenvalue weighted by molar-refractivity contribution is -0.146. The van der Waals surface area contributed by atoms with Crippen LogP contribution in [0.5, 0.6) is 17.2 Å². The van der Waals surface area contributed by atoms with E-state index in [0.717, 1.165) is 32.7 Å². The number of nitrogens with one attached hydrogen (secondary N) is 8. The van der Waals surface area contributed by atoms with Crippen molar-refractivity contribution in [3.05, 3.63) is 117 Å². The third-order valence-electron chi connectivity index (χ3n) is 20.3. The van der Waals surface area contributed by atoms with Gasteiger partial charge in [0.15, 0.2) is 40.2 Å². The number of benzene rings is 3. The van der Waals surface area contributed by atoms with Crippen molar-refractivity contribution in [2.75, 3.05) is 75.8 Å². The lowest BCUT2D eigenvalue weighted by atomic mass is 9.87. The van der Waals surface area contributed by atoms with E-state index in [2.05, 4.69) is 75.1 Å². The number of anilines is 3. The fourth-order valence-corrected chi connectivity index (χ4v) is 16.4. The van der Waals surface area contributed by atoms with Gasteiger partial charge in [-0.05, 0) is 114 Å². The molecule has 8 atom stereocenters. The highest BCUT2D eigenvalue weighted by Crippen LogP contribution is 2.43. The molecular formula is C82H101N17O25S2. The summed E-state index contributed by atoms with van der Waals surface area (Å²) in [6, 6.07) is 5.91. The zero-order valence-electron chi connectivity index (χ0n) is 69.7. The van der Waals surface area contributed by atoms with Gasteiger partial charge < -0.3 is 97.2 Å². The minimum absolute atomic E-state index is 0.00597. The first-order chi connectivity index (χ1) is 59.8. The second kappa shape index (κ2) is 46.3. The molecular weight excluding hydrogens is 1690 g/mol. The van der Waals surface area contributed by atoms with E-state index in [1.54, 1.807) is 23.2 Å². The molecule has 0 saturated carbocycles. The minimum Gasteiger partial charge on any atom is -0.493 e. The maximum atomic E-state index is 14.5. The number of likely N-dealkylation sites (tertiary alicyclic amines) is 1. The number of methoxy groups -OCH3 is 1. The molecule has 17 N–H and O–H groups in total.